The van der Waals surface area contributed by atoms with Gasteiger partial charge in [0.05, 0.1) is 6.20 Å². The van der Waals surface area contributed by atoms with Crippen LogP contribution >= 0.6 is 0 Å². The van der Waals surface area contributed by atoms with Gasteiger partial charge in [-0.2, -0.15) is 4.52 Å². The first kappa shape index (κ1) is 4.37. The number of nitrogens with zero attached hydrogens (tertiary/aromatic N) is 5. The fourth-order valence-corrected chi connectivity index (χ4v) is 0.603. The SMILES string of the molecule is c1cc2nncn2nn1. The Hall–Kier alpha value is -1.52. The molecule has 0 aliphatic carbocycles. The summed E-state index contributed by atoms with van der Waals surface area (Å²) >= 11 is 0. The van der Waals surface area contributed by atoms with Crippen LogP contribution in [0.15, 0.2) is 18.6 Å². The summed E-state index contributed by atoms with van der Waals surface area (Å²) in [6.45, 7) is 0. The van der Waals surface area contributed by atoms with Crippen molar-refractivity contribution < 1.29 is 0 Å². The van der Waals surface area contributed by atoms with Gasteiger partial charge in [0.1, 0.15) is 6.33 Å². The predicted molar refractivity (Wildman–Crippen MR) is 28.6 cm³/mol. The Balaban J connectivity index is 2.95. The van der Waals surface area contributed by atoms with Gasteiger partial charge in [-0.25, -0.2) is 0 Å². The van der Waals surface area contributed by atoms with E-state index in [0.717, 1.165) is 0 Å². The molecule has 0 atom stereocenters. The Kier molecular flexibility index (Phi) is 0.717. The number of hydrogen-bond acceptors (Lipinski definition) is 4. The molecule has 2 rings (SSSR count). The van der Waals surface area contributed by atoms with Gasteiger partial charge in [-0.1, -0.05) is 5.21 Å². The molecule has 2 aromatic heterocycles. The Labute approximate surface area is 50.3 Å². The van der Waals surface area contributed by atoms with E-state index in [1.165, 1.54) is 10.8 Å². The van der Waals surface area contributed by atoms with E-state index in [-0.39, 0.29) is 0 Å². The van der Waals surface area contributed by atoms with Crippen LogP contribution in [0.2, 0.25) is 0 Å². The summed E-state index contributed by atoms with van der Waals surface area (Å²) in [6.07, 6.45) is 3.08. The lowest BCUT2D eigenvalue weighted by molar-refractivity contribution is 0.802. The van der Waals surface area contributed by atoms with E-state index >= 15 is 0 Å². The molecule has 0 aromatic carbocycles. The molecule has 0 radical (unpaired) electrons. The van der Waals surface area contributed by atoms with Crippen molar-refractivity contribution in [1.82, 2.24) is 25.0 Å². The smallest absolute Gasteiger partial charge is 0.180 e. The second-order valence-corrected chi connectivity index (χ2v) is 1.55. The molecule has 0 spiro atoms. The molecule has 0 aliphatic heterocycles. The van der Waals surface area contributed by atoms with Crippen molar-refractivity contribution in [1.29, 1.82) is 0 Å². The molecule has 0 unspecified atom stereocenters. The summed E-state index contributed by atoms with van der Waals surface area (Å²) in [7, 11) is 0. The zero-order valence-corrected chi connectivity index (χ0v) is 4.47. The van der Waals surface area contributed by atoms with Gasteiger partial charge < -0.3 is 0 Å². The van der Waals surface area contributed by atoms with Crippen molar-refractivity contribution in [3.63, 3.8) is 0 Å². The summed E-state index contributed by atoms with van der Waals surface area (Å²) in [4.78, 5) is 0. The van der Waals surface area contributed by atoms with E-state index in [1.54, 1.807) is 12.3 Å². The molecule has 0 N–H and O–H groups in total. The summed E-state index contributed by atoms with van der Waals surface area (Å²) in [5, 5.41) is 14.6. The molecule has 0 fully saturated rings. The molecule has 9 heavy (non-hydrogen) atoms. The van der Waals surface area contributed by atoms with Gasteiger partial charge in [-0.3, -0.25) is 0 Å². The van der Waals surface area contributed by atoms with Crippen LogP contribution < -0.4 is 0 Å². The molecule has 5 nitrogen and oxygen atoms in total. The third-order valence-corrected chi connectivity index (χ3v) is 0.994. The van der Waals surface area contributed by atoms with E-state index in [0.29, 0.717) is 5.65 Å². The molecule has 0 amide bonds. The van der Waals surface area contributed by atoms with Crippen molar-refractivity contribution in [2.24, 2.45) is 0 Å². The van der Waals surface area contributed by atoms with Crippen molar-refractivity contribution >= 4 is 5.65 Å². The quantitative estimate of drug-likeness (QED) is 0.472. The van der Waals surface area contributed by atoms with Crippen LogP contribution in [0.3, 0.4) is 0 Å². The maximum atomic E-state index is 3.73. The Morgan fingerprint density at radius 2 is 2.33 bits per heavy atom. The highest BCUT2D eigenvalue weighted by atomic mass is 15.4. The van der Waals surface area contributed by atoms with E-state index in [2.05, 4.69) is 20.5 Å². The lowest BCUT2D eigenvalue weighted by Crippen LogP contribution is -1.90. The number of rotatable bonds is 0. The summed E-state index contributed by atoms with van der Waals surface area (Å²) in [5.74, 6) is 0. The standard InChI is InChI=1S/C4H3N5/c1-2-5-8-9-3-6-7-4(1)9/h1-3H. The fourth-order valence-electron chi connectivity index (χ4n) is 0.603. The molecule has 0 saturated carbocycles. The highest BCUT2D eigenvalue weighted by Crippen LogP contribution is 1.88. The molecule has 0 saturated heterocycles. The average Bonchev–Trinajstić information content (AvgIpc) is 2.33. The molecular formula is C4H3N5. The van der Waals surface area contributed by atoms with E-state index in [9.17, 15) is 0 Å². The van der Waals surface area contributed by atoms with Crippen LogP contribution in [0.5, 0.6) is 0 Å². The monoisotopic (exact) mass is 121 g/mol. The minimum Gasteiger partial charge on any atom is -0.182 e. The highest BCUT2D eigenvalue weighted by Gasteiger charge is 1.89. The molecule has 2 heterocycles. The van der Waals surface area contributed by atoms with Crippen LogP contribution in [0.4, 0.5) is 0 Å². The van der Waals surface area contributed by atoms with Crippen LogP contribution in [-0.4, -0.2) is 25.0 Å². The van der Waals surface area contributed by atoms with Crippen molar-refractivity contribution in [2.75, 3.05) is 0 Å². The average molecular weight is 121 g/mol. The highest BCUT2D eigenvalue weighted by molar-refractivity contribution is 5.31. The van der Waals surface area contributed by atoms with Gasteiger partial charge in [0, 0.05) is 6.07 Å². The minimum absolute atomic E-state index is 0.713. The van der Waals surface area contributed by atoms with Crippen molar-refractivity contribution in [3.8, 4) is 0 Å². The molecule has 2 aromatic rings. The third-order valence-electron chi connectivity index (χ3n) is 0.994. The summed E-state index contributed by atoms with van der Waals surface area (Å²) in [6, 6.07) is 1.74. The van der Waals surface area contributed by atoms with E-state index < -0.39 is 0 Å². The van der Waals surface area contributed by atoms with Crippen LogP contribution in [0.25, 0.3) is 5.65 Å². The van der Waals surface area contributed by atoms with Gasteiger partial charge in [-0.05, 0) is 0 Å². The molecular weight excluding hydrogens is 118 g/mol. The van der Waals surface area contributed by atoms with Gasteiger partial charge in [-0.15, -0.1) is 15.3 Å². The first-order chi connectivity index (χ1) is 4.47. The van der Waals surface area contributed by atoms with Gasteiger partial charge in [0.2, 0.25) is 0 Å². The summed E-state index contributed by atoms with van der Waals surface area (Å²) < 4.78 is 1.50. The maximum absolute atomic E-state index is 3.73. The third kappa shape index (κ3) is 0.543. The van der Waals surface area contributed by atoms with Gasteiger partial charge in [0.25, 0.3) is 0 Å². The molecule has 0 bridgehead atoms. The topological polar surface area (TPSA) is 56.0 Å². The van der Waals surface area contributed by atoms with Gasteiger partial charge in [0.15, 0.2) is 5.65 Å². The van der Waals surface area contributed by atoms with Crippen LogP contribution in [-0.2, 0) is 0 Å². The number of hydrogen-bond donors (Lipinski definition) is 0. The number of aromatic nitrogens is 5. The summed E-state index contributed by atoms with van der Waals surface area (Å²) in [5.41, 5.74) is 0.713. The predicted octanol–water partition coefficient (Wildman–Crippen LogP) is -0.481. The lowest BCUT2D eigenvalue weighted by Gasteiger charge is -1.81. The Morgan fingerprint density at radius 1 is 1.33 bits per heavy atom. The Morgan fingerprint density at radius 3 is 3.22 bits per heavy atom. The van der Waals surface area contributed by atoms with Crippen molar-refractivity contribution in [2.45, 2.75) is 0 Å². The minimum atomic E-state index is 0.713. The number of fused-ring (bicyclic) bond motifs is 1. The zero-order valence-electron chi connectivity index (χ0n) is 4.47. The molecule has 44 valence electrons. The van der Waals surface area contributed by atoms with Crippen LogP contribution in [0, 0.1) is 0 Å². The second-order valence-electron chi connectivity index (χ2n) is 1.55. The van der Waals surface area contributed by atoms with E-state index in [1.807, 2.05) is 0 Å². The second kappa shape index (κ2) is 1.48. The fraction of sp³-hybridized carbons (Fsp3) is 0. The normalized spacial score (nSPS) is 10.2. The maximum Gasteiger partial charge on any atom is 0.180 e. The first-order valence-corrected chi connectivity index (χ1v) is 2.44. The molecule has 5 heteroatoms. The zero-order chi connectivity index (χ0) is 6.10. The first-order valence-electron chi connectivity index (χ1n) is 2.44. The molecule has 0 aliphatic rings. The lowest BCUT2D eigenvalue weighted by atomic mass is 10.7. The van der Waals surface area contributed by atoms with Crippen molar-refractivity contribution in [3.05, 3.63) is 18.6 Å². The largest absolute Gasteiger partial charge is 0.182 e. The Bertz CT molecular complexity index is 283. The van der Waals surface area contributed by atoms with Gasteiger partial charge >= 0.3 is 0 Å². The van der Waals surface area contributed by atoms with E-state index in [4.69, 9.17) is 0 Å². The van der Waals surface area contributed by atoms with Crippen LogP contribution in [0.1, 0.15) is 0 Å².